The SMILES string of the molecule is NC1CCCN(c2ccc3c(c2)CCC3)C1=O. The molecule has 1 heterocycles. The Kier molecular flexibility index (Phi) is 2.63. The standard InChI is InChI=1S/C14H18N2O/c15-13-5-2-8-16(14(13)17)12-7-6-10-3-1-4-11(10)9-12/h6-7,9,13H,1-5,8,15H2. The summed E-state index contributed by atoms with van der Waals surface area (Å²) in [7, 11) is 0. The molecule has 0 aromatic heterocycles. The highest BCUT2D eigenvalue weighted by Crippen LogP contribution is 2.28. The largest absolute Gasteiger partial charge is 0.320 e. The summed E-state index contributed by atoms with van der Waals surface area (Å²) in [4.78, 5) is 13.9. The fraction of sp³-hybridized carbons (Fsp3) is 0.500. The van der Waals surface area contributed by atoms with Crippen molar-refractivity contribution in [1.82, 2.24) is 0 Å². The van der Waals surface area contributed by atoms with Crippen LogP contribution in [0.4, 0.5) is 5.69 Å². The van der Waals surface area contributed by atoms with E-state index in [4.69, 9.17) is 5.73 Å². The average Bonchev–Trinajstić information content (AvgIpc) is 2.79. The van der Waals surface area contributed by atoms with Crippen LogP contribution < -0.4 is 10.6 Å². The van der Waals surface area contributed by atoms with Gasteiger partial charge >= 0.3 is 0 Å². The van der Waals surface area contributed by atoms with Gasteiger partial charge in [0.15, 0.2) is 0 Å². The Morgan fingerprint density at radius 3 is 2.88 bits per heavy atom. The molecule has 1 aliphatic carbocycles. The zero-order chi connectivity index (χ0) is 11.8. The lowest BCUT2D eigenvalue weighted by molar-refractivity contribution is -0.120. The molecule has 90 valence electrons. The van der Waals surface area contributed by atoms with Crippen molar-refractivity contribution in [3.05, 3.63) is 29.3 Å². The fourth-order valence-electron chi connectivity index (χ4n) is 2.89. The number of carbonyl (C=O) groups is 1. The number of hydrogen-bond acceptors (Lipinski definition) is 2. The van der Waals surface area contributed by atoms with E-state index in [0.717, 1.165) is 31.5 Å². The third-order valence-corrected chi connectivity index (χ3v) is 3.87. The first-order chi connectivity index (χ1) is 8.25. The quantitative estimate of drug-likeness (QED) is 0.797. The van der Waals surface area contributed by atoms with E-state index in [1.165, 1.54) is 24.0 Å². The number of benzene rings is 1. The Bertz CT molecular complexity index is 456. The molecule has 1 saturated heterocycles. The summed E-state index contributed by atoms with van der Waals surface area (Å²) in [6, 6.07) is 6.11. The van der Waals surface area contributed by atoms with E-state index in [1.54, 1.807) is 0 Å². The molecule has 3 nitrogen and oxygen atoms in total. The Morgan fingerprint density at radius 2 is 2.00 bits per heavy atom. The van der Waals surface area contributed by atoms with Gasteiger partial charge in [-0.3, -0.25) is 4.79 Å². The zero-order valence-electron chi connectivity index (χ0n) is 9.98. The van der Waals surface area contributed by atoms with Crippen molar-refractivity contribution in [2.75, 3.05) is 11.4 Å². The number of rotatable bonds is 1. The maximum Gasteiger partial charge on any atom is 0.243 e. The molecule has 1 unspecified atom stereocenters. The van der Waals surface area contributed by atoms with E-state index in [2.05, 4.69) is 18.2 Å². The van der Waals surface area contributed by atoms with E-state index in [9.17, 15) is 4.79 Å². The molecule has 1 amide bonds. The van der Waals surface area contributed by atoms with Crippen molar-refractivity contribution in [3.8, 4) is 0 Å². The lowest BCUT2D eigenvalue weighted by Crippen LogP contribution is -2.48. The van der Waals surface area contributed by atoms with Crippen LogP contribution in [0.15, 0.2) is 18.2 Å². The van der Waals surface area contributed by atoms with E-state index in [1.807, 2.05) is 4.90 Å². The monoisotopic (exact) mass is 230 g/mol. The Morgan fingerprint density at radius 1 is 1.18 bits per heavy atom. The van der Waals surface area contributed by atoms with Crippen LogP contribution in [0, 0.1) is 0 Å². The highest BCUT2D eigenvalue weighted by molar-refractivity contribution is 5.97. The molecule has 1 fully saturated rings. The molecule has 0 radical (unpaired) electrons. The molecule has 17 heavy (non-hydrogen) atoms. The van der Waals surface area contributed by atoms with Crippen molar-refractivity contribution in [3.63, 3.8) is 0 Å². The van der Waals surface area contributed by atoms with Gasteiger partial charge in [-0.15, -0.1) is 0 Å². The molecule has 1 aliphatic heterocycles. The lowest BCUT2D eigenvalue weighted by Gasteiger charge is -2.30. The van der Waals surface area contributed by atoms with E-state index in [-0.39, 0.29) is 11.9 Å². The van der Waals surface area contributed by atoms with Crippen molar-refractivity contribution in [2.24, 2.45) is 5.73 Å². The van der Waals surface area contributed by atoms with Crippen molar-refractivity contribution >= 4 is 11.6 Å². The fourth-order valence-corrected chi connectivity index (χ4v) is 2.89. The smallest absolute Gasteiger partial charge is 0.243 e. The molecule has 0 bridgehead atoms. The highest BCUT2D eigenvalue weighted by Gasteiger charge is 2.27. The van der Waals surface area contributed by atoms with Gasteiger partial charge in [0.05, 0.1) is 6.04 Å². The first kappa shape index (κ1) is 10.8. The normalized spacial score (nSPS) is 23.9. The van der Waals surface area contributed by atoms with Gasteiger partial charge in [0.1, 0.15) is 0 Å². The minimum Gasteiger partial charge on any atom is -0.320 e. The number of anilines is 1. The van der Waals surface area contributed by atoms with Crippen molar-refractivity contribution in [1.29, 1.82) is 0 Å². The molecule has 3 rings (SSSR count). The van der Waals surface area contributed by atoms with Crippen LogP contribution in [0.5, 0.6) is 0 Å². The summed E-state index contributed by atoms with van der Waals surface area (Å²) < 4.78 is 0. The van der Waals surface area contributed by atoms with E-state index < -0.39 is 0 Å². The predicted octanol–water partition coefficient (Wildman–Crippen LogP) is 1.63. The maximum atomic E-state index is 12.0. The lowest BCUT2D eigenvalue weighted by atomic mass is 10.0. The Balaban J connectivity index is 1.91. The summed E-state index contributed by atoms with van der Waals surface area (Å²) in [6.45, 7) is 0.811. The molecule has 0 saturated carbocycles. The van der Waals surface area contributed by atoms with Crippen LogP contribution in [-0.4, -0.2) is 18.5 Å². The summed E-state index contributed by atoms with van der Waals surface area (Å²) in [5, 5.41) is 0. The third kappa shape index (κ3) is 1.84. The minimum absolute atomic E-state index is 0.0780. The molecule has 3 heteroatoms. The van der Waals surface area contributed by atoms with Crippen LogP contribution in [0.1, 0.15) is 30.4 Å². The summed E-state index contributed by atoms with van der Waals surface area (Å²) >= 11 is 0. The number of carbonyl (C=O) groups excluding carboxylic acids is 1. The number of piperidine rings is 1. The van der Waals surface area contributed by atoms with Crippen LogP contribution in [0.3, 0.4) is 0 Å². The minimum atomic E-state index is -0.308. The molecule has 1 atom stereocenters. The Hall–Kier alpha value is -1.35. The zero-order valence-corrected chi connectivity index (χ0v) is 9.98. The molecule has 1 aromatic carbocycles. The van der Waals surface area contributed by atoms with Gasteiger partial charge in [0.2, 0.25) is 5.91 Å². The topological polar surface area (TPSA) is 46.3 Å². The average molecular weight is 230 g/mol. The summed E-state index contributed by atoms with van der Waals surface area (Å²) in [5.41, 5.74) is 9.72. The molecule has 2 aliphatic rings. The number of fused-ring (bicyclic) bond motifs is 1. The summed E-state index contributed by atoms with van der Waals surface area (Å²) in [5.74, 6) is 0.0780. The van der Waals surface area contributed by atoms with E-state index >= 15 is 0 Å². The number of aryl methyl sites for hydroxylation is 2. The number of amides is 1. The van der Waals surface area contributed by atoms with Gasteiger partial charge in [-0.2, -0.15) is 0 Å². The second-order valence-corrected chi connectivity index (χ2v) is 5.05. The molecular weight excluding hydrogens is 212 g/mol. The Labute approximate surface area is 102 Å². The van der Waals surface area contributed by atoms with Crippen molar-refractivity contribution in [2.45, 2.75) is 38.1 Å². The number of nitrogens with zero attached hydrogens (tertiary/aromatic N) is 1. The first-order valence-corrected chi connectivity index (χ1v) is 6.44. The molecule has 1 aromatic rings. The second-order valence-electron chi connectivity index (χ2n) is 5.05. The molecule has 0 spiro atoms. The molecule has 2 N–H and O–H groups in total. The number of nitrogens with two attached hydrogens (primary N) is 1. The van der Waals surface area contributed by atoms with Gasteiger partial charge in [0, 0.05) is 12.2 Å². The van der Waals surface area contributed by atoms with Gasteiger partial charge < -0.3 is 10.6 Å². The maximum absolute atomic E-state index is 12.0. The highest BCUT2D eigenvalue weighted by atomic mass is 16.2. The molecular formula is C14H18N2O. The van der Waals surface area contributed by atoms with Crippen LogP contribution in [0.2, 0.25) is 0 Å². The van der Waals surface area contributed by atoms with E-state index in [0.29, 0.717) is 0 Å². The van der Waals surface area contributed by atoms with Gasteiger partial charge in [0.25, 0.3) is 0 Å². The summed E-state index contributed by atoms with van der Waals surface area (Å²) in [6.07, 6.45) is 5.40. The van der Waals surface area contributed by atoms with Crippen LogP contribution in [0.25, 0.3) is 0 Å². The van der Waals surface area contributed by atoms with Crippen LogP contribution >= 0.6 is 0 Å². The third-order valence-electron chi connectivity index (χ3n) is 3.87. The van der Waals surface area contributed by atoms with Crippen molar-refractivity contribution < 1.29 is 4.79 Å². The van der Waals surface area contributed by atoms with Gasteiger partial charge in [-0.1, -0.05) is 6.07 Å². The van der Waals surface area contributed by atoms with Crippen LogP contribution in [-0.2, 0) is 17.6 Å². The predicted molar refractivity (Wildman–Crippen MR) is 68.0 cm³/mol. The van der Waals surface area contributed by atoms with Gasteiger partial charge in [-0.05, 0) is 55.4 Å². The van der Waals surface area contributed by atoms with Gasteiger partial charge in [-0.25, -0.2) is 0 Å². The first-order valence-electron chi connectivity index (χ1n) is 6.44. The number of hydrogen-bond donors (Lipinski definition) is 1. The second kappa shape index (κ2) is 4.15.